The molecule has 1 amide bonds. The van der Waals surface area contributed by atoms with Crippen molar-refractivity contribution in [3.63, 3.8) is 0 Å². The summed E-state index contributed by atoms with van der Waals surface area (Å²) in [5.41, 5.74) is 2.01. The fraction of sp³-hybridized carbons (Fsp3) is 0.250. The van der Waals surface area contributed by atoms with Crippen LogP contribution in [0.3, 0.4) is 0 Å². The molecule has 0 unspecified atom stereocenters. The molecule has 6 nitrogen and oxygen atoms in total. The van der Waals surface area contributed by atoms with E-state index in [-0.39, 0.29) is 18.0 Å². The van der Waals surface area contributed by atoms with Gasteiger partial charge in [-0.25, -0.2) is 4.68 Å². The largest absolute Gasteiger partial charge is 0.496 e. The van der Waals surface area contributed by atoms with Crippen molar-refractivity contribution in [2.24, 2.45) is 0 Å². The number of methoxy groups -OCH3 is 1. The number of halogens is 1. The summed E-state index contributed by atoms with van der Waals surface area (Å²) in [5, 5.41) is 5.06. The second kappa shape index (κ2) is 7.04. The molecule has 0 spiro atoms. The Hall–Kier alpha value is -2.86. The maximum atomic E-state index is 12.5. The van der Waals surface area contributed by atoms with Crippen molar-refractivity contribution in [3.8, 4) is 5.75 Å². The summed E-state index contributed by atoms with van der Waals surface area (Å²) in [6.45, 7) is 1.55. The summed E-state index contributed by atoms with van der Waals surface area (Å²) in [6, 6.07) is 15.2. The van der Waals surface area contributed by atoms with Crippen LogP contribution in [0.5, 0.6) is 5.75 Å². The van der Waals surface area contributed by atoms with E-state index in [1.807, 2.05) is 48.5 Å². The number of para-hydroxylation sites is 1. The van der Waals surface area contributed by atoms with E-state index >= 15 is 0 Å². The average Bonchev–Trinajstić information content (AvgIpc) is 3.16. The maximum Gasteiger partial charge on any atom is 0.231 e. The van der Waals surface area contributed by atoms with Gasteiger partial charge in [0.15, 0.2) is 0 Å². The molecule has 0 fully saturated rings. The molecule has 7 heteroatoms. The lowest BCUT2D eigenvalue weighted by Crippen LogP contribution is -2.41. The third-order valence-corrected chi connectivity index (χ3v) is 5.17. The normalized spacial score (nSPS) is 18.9. The lowest BCUT2D eigenvalue weighted by molar-refractivity contribution is -0.117. The minimum absolute atomic E-state index is 0.0809. The van der Waals surface area contributed by atoms with E-state index in [0.29, 0.717) is 17.4 Å². The molecule has 1 aromatic heterocycles. The number of ether oxygens (including phenoxy) is 1. The summed E-state index contributed by atoms with van der Waals surface area (Å²) in [6.07, 6.45) is 2.13. The third-order valence-electron chi connectivity index (χ3n) is 4.91. The molecule has 0 saturated carbocycles. The minimum atomic E-state index is -0.175. The van der Waals surface area contributed by atoms with E-state index in [1.54, 1.807) is 23.6 Å². The molecule has 0 saturated heterocycles. The number of nitrogens with zero attached hydrogens (tertiary/aromatic N) is 4. The van der Waals surface area contributed by atoms with Crippen molar-refractivity contribution in [3.05, 3.63) is 71.0 Å². The first kappa shape index (κ1) is 17.5. The molecular formula is C20H19ClN4O2. The van der Waals surface area contributed by atoms with Gasteiger partial charge in [0.2, 0.25) is 11.9 Å². The Morgan fingerprint density at radius 3 is 2.59 bits per heavy atom. The Morgan fingerprint density at radius 2 is 1.89 bits per heavy atom. The maximum absolute atomic E-state index is 12.5. The smallest absolute Gasteiger partial charge is 0.231 e. The zero-order valence-corrected chi connectivity index (χ0v) is 15.8. The van der Waals surface area contributed by atoms with E-state index < -0.39 is 0 Å². The van der Waals surface area contributed by atoms with Crippen LogP contribution in [0, 0.1) is 0 Å². The number of aromatic nitrogens is 3. The summed E-state index contributed by atoms with van der Waals surface area (Å²) >= 11 is 6.05. The number of hydrogen-bond donors (Lipinski definition) is 0. The van der Waals surface area contributed by atoms with Crippen LogP contribution in [0.1, 0.15) is 36.6 Å². The van der Waals surface area contributed by atoms with Crippen LogP contribution < -0.4 is 9.64 Å². The van der Waals surface area contributed by atoms with Gasteiger partial charge in [-0.2, -0.15) is 10.1 Å². The summed E-state index contributed by atoms with van der Waals surface area (Å²) < 4.78 is 7.36. The van der Waals surface area contributed by atoms with Crippen LogP contribution in [-0.4, -0.2) is 27.8 Å². The van der Waals surface area contributed by atoms with Crippen molar-refractivity contribution in [1.82, 2.24) is 14.8 Å². The van der Waals surface area contributed by atoms with Crippen molar-refractivity contribution in [2.45, 2.75) is 25.4 Å². The molecular weight excluding hydrogens is 364 g/mol. The standard InChI is InChI=1S/C20H19ClN4O2/c1-13(26)24-17(14-7-9-15(21)10-8-14)11-18(25-20(24)22-12-23-25)16-5-3-4-6-19(16)27-2/h3-10,12,17-18H,11H2,1-2H3/t17-,18-/m0/s1. The van der Waals surface area contributed by atoms with Crippen LogP contribution in [0.25, 0.3) is 0 Å². The van der Waals surface area contributed by atoms with Gasteiger partial charge in [0.1, 0.15) is 12.1 Å². The number of hydrogen-bond acceptors (Lipinski definition) is 4. The monoisotopic (exact) mass is 382 g/mol. The zero-order valence-electron chi connectivity index (χ0n) is 15.0. The van der Waals surface area contributed by atoms with Gasteiger partial charge in [0, 0.05) is 17.5 Å². The van der Waals surface area contributed by atoms with Gasteiger partial charge < -0.3 is 4.74 Å². The first-order chi connectivity index (χ1) is 13.1. The average molecular weight is 383 g/mol. The highest BCUT2D eigenvalue weighted by Crippen LogP contribution is 2.43. The molecule has 0 radical (unpaired) electrons. The Labute approximate surface area is 162 Å². The highest BCUT2D eigenvalue weighted by atomic mass is 35.5. The van der Waals surface area contributed by atoms with Gasteiger partial charge in [-0.1, -0.05) is 41.9 Å². The molecule has 2 aromatic carbocycles. The molecule has 27 heavy (non-hydrogen) atoms. The molecule has 0 aliphatic carbocycles. The minimum Gasteiger partial charge on any atom is -0.496 e. The quantitative estimate of drug-likeness (QED) is 0.686. The molecule has 2 heterocycles. The lowest BCUT2D eigenvalue weighted by Gasteiger charge is -2.38. The topological polar surface area (TPSA) is 60.2 Å². The Morgan fingerprint density at radius 1 is 1.15 bits per heavy atom. The summed E-state index contributed by atoms with van der Waals surface area (Å²) in [4.78, 5) is 18.5. The number of fused-ring (bicyclic) bond motifs is 1. The number of carbonyl (C=O) groups excluding carboxylic acids is 1. The van der Waals surface area contributed by atoms with Crippen molar-refractivity contribution in [1.29, 1.82) is 0 Å². The number of anilines is 1. The highest BCUT2D eigenvalue weighted by Gasteiger charge is 2.38. The molecule has 0 N–H and O–H groups in total. The van der Waals surface area contributed by atoms with E-state index in [1.165, 1.54) is 6.33 Å². The zero-order chi connectivity index (χ0) is 19.0. The van der Waals surface area contributed by atoms with Crippen LogP contribution in [0.2, 0.25) is 5.02 Å². The van der Waals surface area contributed by atoms with Gasteiger partial charge in [0.25, 0.3) is 0 Å². The van der Waals surface area contributed by atoms with Crippen LogP contribution in [-0.2, 0) is 4.79 Å². The van der Waals surface area contributed by atoms with Crippen molar-refractivity contribution >= 4 is 23.5 Å². The first-order valence-corrected chi connectivity index (χ1v) is 9.05. The van der Waals surface area contributed by atoms with Crippen LogP contribution in [0.4, 0.5) is 5.95 Å². The van der Waals surface area contributed by atoms with Crippen LogP contribution >= 0.6 is 11.6 Å². The molecule has 1 aliphatic rings. The second-order valence-corrected chi connectivity index (χ2v) is 6.89. The fourth-order valence-corrected chi connectivity index (χ4v) is 3.85. The molecule has 2 atom stereocenters. The van der Waals surface area contributed by atoms with Gasteiger partial charge in [-0.05, 0) is 30.2 Å². The third kappa shape index (κ3) is 3.06. The molecule has 3 aromatic rings. The van der Waals surface area contributed by atoms with Gasteiger partial charge in [-0.3, -0.25) is 9.69 Å². The highest BCUT2D eigenvalue weighted by molar-refractivity contribution is 6.30. The van der Waals surface area contributed by atoms with Crippen molar-refractivity contribution < 1.29 is 9.53 Å². The lowest BCUT2D eigenvalue weighted by atomic mass is 9.91. The Balaban J connectivity index is 1.86. The van der Waals surface area contributed by atoms with E-state index in [9.17, 15) is 4.79 Å². The molecule has 4 rings (SSSR count). The SMILES string of the molecule is COc1ccccc1[C@@H]1C[C@@H](c2ccc(Cl)cc2)N(C(C)=O)c2ncnn21. The van der Waals surface area contributed by atoms with Gasteiger partial charge in [-0.15, -0.1) is 0 Å². The van der Waals surface area contributed by atoms with E-state index in [4.69, 9.17) is 16.3 Å². The van der Waals surface area contributed by atoms with Crippen molar-refractivity contribution in [2.75, 3.05) is 12.0 Å². The number of amides is 1. The number of rotatable bonds is 3. The fourth-order valence-electron chi connectivity index (χ4n) is 3.72. The number of carbonyl (C=O) groups is 1. The first-order valence-electron chi connectivity index (χ1n) is 8.68. The van der Waals surface area contributed by atoms with Crippen LogP contribution in [0.15, 0.2) is 54.9 Å². The molecule has 138 valence electrons. The summed E-state index contributed by atoms with van der Waals surface area (Å²) in [7, 11) is 1.66. The molecule has 0 bridgehead atoms. The van der Waals surface area contributed by atoms with Gasteiger partial charge >= 0.3 is 0 Å². The Bertz CT molecular complexity index is 970. The van der Waals surface area contributed by atoms with Gasteiger partial charge in [0.05, 0.1) is 19.2 Å². The van der Waals surface area contributed by atoms with E-state index in [2.05, 4.69) is 10.1 Å². The predicted octanol–water partition coefficient (Wildman–Crippen LogP) is 4.03. The Kier molecular flexibility index (Phi) is 4.58. The second-order valence-electron chi connectivity index (χ2n) is 6.45. The van der Waals surface area contributed by atoms with E-state index in [0.717, 1.165) is 16.9 Å². The summed E-state index contributed by atoms with van der Waals surface area (Å²) in [5.74, 6) is 1.24. The number of benzene rings is 2. The molecule has 1 aliphatic heterocycles. The predicted molar refractivity (Wildman–Crippen MR) is 103 cm³/mol.